The van der Waals surface area contributed by atoms with Gasteiger partial charge in [0.1, 0.15) is 5.82 Å². The quantitative estimate of drug-likeness (QED) is 0.798. The van der Waals surface area contributed by atoms with E-state index in [9.17, 15) is 4.79 Å². The topological polar surface area (TPSA) is 85.6 Å². The average Bonchev–Trinajstić information content (AvgIpc) is 3.07. The van der Waals surface area contributed by atoms with Crippen LogP contribution in [0.15, 0.2) is 42.6 Å². The third kappa shape index (κ3) is 3.15. The first-order valence-corrected chi connectivity index (χ1v) is 7.67. The third-order valence-electron chi connectivity index (χ3n) is 3.61. The summed E-state index contributed by atoms with van der Waals surface area (Å²) in [6.45, 7) is 5.90. The first-order chi connectivity index (χ1) is 11.6. The van der Waals surface area contributed by atoms with Gasteiger partial charge in [-0.3, -0.25) is 4.79 Å². The number of nitrogens with one attached hydrogen (secondary N) is 1. The minimum Gasteiger partial charge on any atom is -0.306 e. The zero-order valence-corrected chi connectivity index (χ0v) is 13.8. The largest absolute Gasteiger partial charge is 0.306 e. The van der Waals surface area contributed by atoms with E-state index in [1.807, 2.05) is 45.0 Å². The summed E-state index contributed by atoms with van der Waals surface area (Å²) in [5, 5.41) is 14.6. The van der Waals surface area contributed by atoms with Crippen molar-refractivity contribution in [2.45, 2.75) is 26.8 Å². The van der Waals surface area contributed by atoms with E-state index in [1.165, 1.54) is 0 Å². The highest BCUT2D eigenvalue weighted by molar-refractivity contribution is 6.04. The van der Waals surface area contributed by atoms with E-state index >= 15 is 0 Å². The average molecular weight is 322 g/mol. The molecular weight excluding hydrogens is 304 g/mol. The van der Waals surface area contributed by atoms with Gasteiger partial charge in [0, 0.05) is 17.3 Å². The van der Waals surface area contributed by atoms with E-state index in [-0.39, 0.29) is 11.9 Å². The van der Waals surface area contributed by atoms with Crippen LogP contribution in [0.1, 0.15) is 35.8 Å². The molecule has 3 rings (SSSR count). The van der Waals surface area contributed by atoms with Crippen LogP contribution >= 0.6 is 0 Å². The van der Waals surface area contributed by atoms with Crippen LogP contribution in [-0.4, -0.2) is 31.1 Å². The summed E-state index contributed by atoms with van der Waals surface area (Å²) in [6.07, 6.45) is 1.65. The van der Waals surface area contributed by atoms with Gasteiger partial charge in [-0.2, -0.15) is 0 Å². The van der Waals surface area contributed by atoms with E-state index in [0.29, 0.717) is 17.2 Å². The van der Waals surface area contributed by atoms with Gasteiger partial charge < -0.3 is 5.32 Å². The summed E-state index contributed by atoms with van der Waals surface area (Å²) in [7, 11) is 0. The van der Waals surface area contributed by atoms with Crippen LogP contribution in [0.3, 0.4) is 0 Å². The monoisotopic (exact) mass is 322 g/mol. The molecule has 0 aliphatic heterocycles. The Morgan fingerprint density at radius 1 is 1.21 bits per heavy atom. The fourth-order valence-corrected chi connectivity index (χ4v) is 2.33. The van der Waals surface area contributed by atoms with Crippen LogP contribution in [0.4, 0.5) is 5.82 Å². The molecule has 0 fully saturated rings. The number of benzene rings is 1. The number of tetrazole rings is 1. The van der Waals surface area contributed by atoms with Crippen molar-refractivity contribution in [3.63, 3.8) is 0 Å². The van der Waals surface area contributed by atoms with Crippen molar-refractivity contribution in [3.05, 3.63) is 53.7 Å². The number of carbonyl (C=O) groups is 1. The molecule has 0 atom stereocenters. The van der Waals surface area contributed by atoms with Crippen molar-refractivity contribution in [1.29, 1.82) is 0 Å². The third-order valence-corrected chi connectivity index (χ3v) is 3.61. The predicted molar refractivity (Wildman–Crippen MR) is 90.6 cm³/mol. The molecule has 7 heteroatoms. The Morgan fingerprint density at radius 3 is 2.79 bits per heavy atom. The maximum atomic E-state index is 12.5. The van der Waals surface area contributed by atoms with Crippen molar-refractivity contribution in [2.75, 3.05) is 5.32 Å². The van der Waals surface area contributed by atoms with E-state index in [2.05, 4.69) is 25.8 Å². The molecule has 24 heavy (non-hydrogen) atoms. The van der Waals surface area contributed by atoms with Gasteiger partial charge in [-0.25, -0.2) is 9.67 Å². The molecule has 0 aliphatic carbocycles. The molecule has 1 amide bonds. The number of amides is 1. The molecule has 0 unspecified atom stereocenters. The molecule has 1 aromatic carbocycles. The number of pyridine rings is 1. The smallest absolute Gasteiger partial charge is 0.256 e. The number of hydrogen-bond donors (Lipinski definition) is 1. The number of carbonyl (C=O) groups excluding carboxylic acids is 1. The van der Waals surface area contributed by atoms with E-state index < -0.39 is 0 Å². The zero-order chi connectivity index (χ0) is 17.1. The van der Waals surface area contributed by atoms with Gasteiger partial charge in [0.2, 0.25) is 0 Å². The molecule has 0 spiro atoms. The SMILES string of the molecule is Cc1cccnc1NC(=O)c1cccc(-c2nnnn2C(C)C)c1. The minimum absolute atomic E-state index is 0.128. The fraction of sp³-hybridized carbons (Fsp3) is 0.235. The molecule has 0 bridgehead atoms. The van der Waals surface area contributed by atoms with Gasteiger partial charge in [0.15, 0.2) is 5.82 Å². The molecule has 122 valence electrons. The molecular formula is C17H18N6O. The second-order valence-corrected chi connectivity index (χ2v) is 5.74. The summed E-state index contributed by atoms with van der Waals surface area (Å²) in [4.78, 5) is 16.7. The van der Waals surface area contributed by atoms with Crippen molar-refractivity contribution in [3.8, 4) is 11.4 Å². The lowest BCUT2D eigenvalue weighted by Gasteiger charge is -2.10. The molecule has 0 saturated carbocycles. The lowest BCUT2D eigenvalue weighted by atomic mass is 10.1. The fourth-order valence-electron chi connectivity index (χ4n) is 2.33. The first-order valence-electron chi connectivity index (χ1n) is 7.67. The summed E-state index contributed by atoms with van der Waals surface area (Å²) in [6, 6.07) is 11.1. The Hall–Kier alpha value is -3.09. The molecule has 2 aromatic heterocycles. The van der Waals surface area contributed by atoms with Gasteiger partial charge in [-0.05, 0) is 55.0 Å². The number of anilines is 1. The number of nitrogens with zero attached hydrogens (tertiary/aromatic N) is 5. The summed E-state index contributed by atoms with van der Waals surface area (Å²) < 4.78 is 1.72. The summed E-state index contributed by atoms with van der Waals surface area (Å²) in [5.74, 6) is 0.968. The number of rotatable bonds is 4. The van der Waals surface area contributed by atoms with Crippen molar-refractivity contribution in [1.82, 2.24) is 25.2 Å². The second kappa shape index (κ2) is 6.57. The minimum atomic E-state index is -0.220. The van der Waals surface area contributed by atoms with Crippen LogP contribution < -0.4 is 5.32 Å². The molecule has 0 aliphatic rings. The maximum Gasteiger partial charge on any atom is 0.256 e. The molecule has 0 radical (unpaired) electrons. The second-order valence-electron chi connectivity index (χ2n) is 5.74. The number of aryl methyl sites for hydroxylation is 1. The van der Waals surface area contributed by atoms with E-state index in [1.54, 1.807) is 23.0 Å². The van der Waals surface area contributed by atoms with Crippen molar-refractivity contribution >= 4 is 11.7 Å². The van der Waals surface area contributed by atoms with Crippen molar-refractivity contribution in [2.24, 2.45) is 0 Å². The van der Waals surface area contributed by atoms with Crippen LogP contribution in [0.25, 0.3) is 11.4 Å². The molecule has 7 nitrogen and oxygen atoms in total. The van der Waals surface area contributed by atoms with Crippen LogP contribution in [0.2, 0.25) is 0 Å². The highest BCUT2D eigenvalue weighted by atomic mass is 16.1. The van der Waals surface area contributed by atoms with Gasteiger partial charge in [-0.15, -0.1) is 5.10 Å². The number of hydrogen-bond acceptors (Lipinski definition) is 5. The highest BCUT2D eigenvalue weighted by Crippen LogP contribution is 2.21. The lowest BCUT2D eigenvalue weighted by Crippen LogP contribution is -2.14. The Kier molecular flexibility index (Phi) is 4.33. The zero-order valence-electron chi connectivity index (χ0n) is 13.8. The summed E-state index contributed by atoms with van der Waals surface area (Å²) in [5.41, 5.74) is 2.22. The Bertz CT molecular complexity index is 871. The normalized spacial score (nSPS) is 10.8. The first kappa shape index (κ1) is 15.8. The summed E-state index contributed by atoms with van der Waals surface area (Å²) >= 11 is 0. The standard InChI is InChI=1S/C17H18N6O/c1-11(2)23-16(20-21-22-23)13-7-4-8-14(10-13)17(24)19-15-12(3)6-5-9-18-15/h4-11H,1-3H3,(H,18,19,24). The Labute approximate surface area is 139 Å². The molecule has 3 aromatic rings. The number of aromatic nitrogens is 5. The lowest BCUT2D eigenvalue weighted by molar-refractivity contribution is 0.102. The Balaban J connectivity index is 1.89. The maximum absolute atomic E-state index is 12.5. The molecule has 0 saturated heterocycles. The van der Waals surface area contributed by atoms with Gasteiger partial charge >= 0.3 is 0 Å². The Morgan fingerprint density at radius 2 is 2.04 bits per heavy atom. The van der Waals surface area contributed by atoms with Gasteiger partial charge in [0.05, 0.1) is 6.04 Å². The highest BCUT2D eigenvalue weighted by Gasteiger charge is 2.14. The van der Waals surface area contributed by atoms with Crippen LogP contribution in [-0.2, 0) is 0 Å². The van der Waals surface area contributed by atoms with Crippen LogP contribution in [0, 0.1) is 6.92 Å². The van der Waals surface area contributed by atoms with Crippen molar-refractivity contribution < 1.29 is 4.79 Å². The van der Waals surface area contributed by atoms with Gasteiger partial charge in [0.25, 0.3) is 5.91 Å². The van der Waals surface area contributed by atoms with Gasteiger partial charge in [-0.1, -0.05) is 18.2 Å². The molecule has 2 heterocycles. The predicted octanol–water partition coefficient (Wildman–Crippen LogP) is 2.88. The van der Waals surface area contributed by atoms with E-state index in [4.69, 9.17) is 0 Å². The van der Waals surface area contributed by atoms with Crippen LogP contribution in [0.5, 0.6) is 0 Å². The molecule has 1 N–H and O–H groups in total. The van der Waals surface area contributed by atoms with E-state index in [0.717, 1.165) is 11.1 Å².